The lowest BCUT2D eigenvalue weighted by molar-refractivity contribution is -0.384. The Morgan fingerprint density at radius 1 is 1.06 bits per heavy atom. The van der Waals surface area contributed by atoms with E-state index in [1.165, 1.54) is 48.2 Å². The van der Waals surface area contributed by atoms with Gasteiger partial charge < -0.3 is 21.1 Å². The monoisotopic (exact) mass is 474 g/mol. The van der Waals surface area contributed by atoms with Crippen LogP contribution < -0.4 is 21.7 Å². The van der Waals surface area contributed by atoms with E-state index >= 15 is 0 Å². The molecule has 13 heteroatoms. The minimum atomic E-state index is -0.723. The van der Waals surface area contributed by atoms with Gasteiger partial charge in [-0.25, -0.2) is 4.79 Å². The van der Waals surface area contributed by atoms with Crippen LogP contribution in [0.1, 0.15) is 26.3 Å². The van der Waals surface area contributed by atoms with Gasteiger partial charge in [0.05, 0.1) is 15.5 Å². The molecule has 0 bridgehead atoms. The molecule has 2 aromatic rings. The van der Waals surface area contributed by atoms with E-state index in [1.54, 1.807) is 31.1 Å². The summed E-state index contributed by atoms with van der Waals surface area (Å²) in [5.74, 6) is 0. The number of alkyl carbamates (subject to hydrolysis) is 1. The Kier molecular flexibility index (Phi) is 6.35. The van der Waals surface area contributed by atoms with Crippen molar-refractivity contribution in [3.05, 3.63) is 67.6 Å². The first kappa shape index (κ1) is 23.7. The van der Waals surface area contributed by atoms with E-state index in [1.807, 2.05) is 0 Å². The van der Waals surface area contributed by atoms with Crippen LogP contribution in [0.25, 0.3) is 5.70 Å². The second-order valence-corrected chi connectivity index (χ2v) is 8.99. The Hall–Kier alpha value is -4.00. The smallest absolute Gasteiger partial charge is 0.409 e. The fourth-order valence-electron chi connectivity index (χ4n) is 3.10. The van der Waals surface area contributed by atoms with Gasteiger partial charge in [0.2, 0.25) is 0 Å². The van der Waals surface area contributed by atoms with E-state index in [2.05, 4.69) is 5.32 Å². The standard InChI is InChI=1S/C20H22N6O6S/c1-20(2,3)32-19(27)23-18-24(12-5-7-16(26(30)31)14(22)9-12)17(10-33-18)11-4-6-15(25(28)29)13(21)8-11/h4-10,18H,21-22H2,1-3H3,(H,23,27). The molecule has 1 aliphatic rings. The summed E-state index contributed by atoms with van der Waals surface area (Å²) in [6, 6.07) is 8.43. The van der Waals surface area contributed by atoms with Gasteiger partial charge in [0, 0.05) is 23.4 Å². The van der Waals surface area contributed by atoms with Gasteiger partial charge in [-0.15, -0.1) is 0 Å². The van der Waals surface area contributed by atoms with E-state index in [4.69, 9.17) is 16.2 Å². The first-order valence-electron chi connectivity index (χ1n) is 9.60. The molecule has 3 rings (SSSR count). The number of nitro groups is 2. The van der Waals surface area contributed by atoms with E-state index in [-0.39, 0.29) is 22.7 Å². The summed E-state index contributed by atoms with van der Waals surface area (Å²) in [7, 11) is 0. The summed E-state index contributed by atoms with van der Waals surface area (Å²) < 4.78 is 5.34. The van der Waals surface area contributed by atoms with Crippen molar-refractivity contribution in [2.75, 3.05) is 16.4 Å². The highest BCUT2D eigenvalue weighted by Crippen LogP contribution is 2.42. The van der Waals surface area contributed by atoms with Crippen LogP contribution in [0.15, 0.2) is 41.8 Å². The summed E-state index contributed by atoms with van der Waals surface area (Å²) in [6.45, 7) is 5.19. The van der Waals surface area contributed by atoms with Crippen LogP contribution in [0.2, 0.25) is 0 Å². The van der Waals surface area contributed by atoms with Crippen molar-refractivity contribution in [1.29, 1.82) is 0 Å². The van der Waals surface area contributed by atoms with E-state index < -0.39 is 27.0 Å². The Morgan fingerprint density at radius 2 is 1.64 bits per heavy atom. The number of rotatable bonds is 5. The number of carbonyl (C=O) groups is 1. The van der Waals surface area contributed by atoms with E-state index in [0.717, 1.165) is 0 Å². The van der Waals surface area contributed by atoms with Gasteiger partial charge >= 0.3 is 6.09 Å². The third kappa shape index (κ3) is 5.26. The highest BCUT2D eigenvalue weighted by Gasteiger charge is 2.33. The maximum atomic E-state index is 12.4. The molecule has 174 valence electrons. The number of nitrogens with zero attached hydrogens (tertiary/aromatic N) is 3. The fourth-order valence-corrected chi connectivity index (χ4v) is 4.13. The number of nitro benzene ring substituents is 2. The highest BCUT2D eigenvalue weighted by molar-refractivity contribution is 8.03. The molecule has 12 nitrogen and oxygen atoms in total. The third-order valence-electron chi connectivity index (χ3n) is 4.45. The first-order chi connectivity index (χ1) is 15.4. The SMILES string of the molecule is CC(C)(C)OC(=O)NC1SC=C(c2ccc([N+](=O)[O-])c(N)c2)N1c1ccc([N+](=O)[O-])c(N)c1. The Bertz CT molecular complexity index is 1160. The summed E-state index contributed by atoms with van der Waals surface area (Å²) in [5, 5.41) is 26.8. The molecule has 2 aromatic carbocycles. The molecule has 1 unspecified atom stereocenters. The van der Waals surface area contributed by atoms with Crippen LogP contribution in [0.4, 0.5) is 33.2 Å². The van der Waals surface area contributed by atoms with Gasteiger partial charge in [-0.1, -0.05) is 11.8 Å². The van der Waals surface area contributed by atoms with Gasteiger partial charge in [0.25, 0.3) is 11.4 Å². The van der Waals surface area contributed by atoms with Crippen molar-refractivity contribution in [2.24, 2.45) is 0 Å². The summed E-state index contributed by atoms with van der Waals surface area (Å²) in [6.07, 6.45) is -0.669. The number of hydrogen-bond acceptors (Lipinski definition) is 10. The van der Waals surface area contributed by atoms with Gasteiger partial charge in [0.15, 0.2) is 5.50 Å². The molecule has 0 radical (unpaired) electrons. The van der Waals surface area contributed by atoms with Crippen molar-refractivity contribution < 1.29 is 19.4 Å². The molecule has 0 spiro atoms. The molecule has 1 aliphatic heterocycles. The largest absolute Gasteiger partial charge is 0.444 e. The Labute approximate surface area is 192 Å². The fraction of sp³-hybridized carbons (Fsp3) is 0.250. The summed E-state index contributed by atoms with van der Waals surface area (Å²) in [5.41, 5.74) is 11.3. The van der Waals surface area contributed by atoms with Crippen molar-refractivity contribution in [3.63, 3.8) is 0 Å². The summed E-state index contributed by atoms with van der Waals surface area (Å²) >= 11 is 1.24. The minimum absolute atomic E-state index is 0.0323. The number of amides is 1. The van der Waals surface area contributed by atoms with Gasteiger partial charge in [-0.3, -0.25) is 25.5 Å². The quantitative estimate of drug-likeness (QED) is 0.325. The number of nitrogens with two attached hydrogens (primary N) is 2. The average molecular weight is 474 g/mol. The topological polar surface area (TPSA) is 180 Å². The van der Waals surface area contributed by atoms with Crippen LogP contribution in [-0.2, 0) is 4.74 Å². The minimum Gasteiger partial charge on any atom is -0.444 e. The third-order valence-corrected chi connectivity index (χ3v) is 5.39. The van der Waals surface area contributed by atoms with Crippen molar-refractivity contribution in [3.8, 4) is 0 Å². The summed E-state index contributed by atoms with van der Waals surface area (Å²) in [4.78, 5) is 35.2. The predicted molar refractivity (Wildman–Crippen MR) is 126 cm³/mol. The second-order valence-electron chi connectivity index (χ2n) is 8.04. The lowest BCUT2D eigenvalue weighted by Crippen LogP contribution is -2.45. The molecular formula is C20H22N6O6S. The molecule has 1 atom stereocenters. The van der Waals surface area contributed by atoms with Crippen LogP contribution in [0, 0.1) is 20.2 Å². The molecule has 0 fully saturated rings. The molecule has 1 amide bonds. The number of nitrogen functional groups attached to an aromatic ring is 2. The molecular weight excluding hydrogens is 452 g/mol. The number of ether oxygens (including phenoxy) is 1. The van der Waals surface area contributed by atoms with Crippen LogP contribution in [-0.4, -0.2) is 27.0 Å². The molecule has 0 aliphatic carbocycles. The van der Waals surface area contributed by atoms with Crippen LogP contribution >= 0.6 is 11.8 Å². The number of carbonyl (C=O) groups excluding carboxylic acids is 1. The van der Waals surface area contributed by atoms with Crippen molar-refractivity contribution in [2.45, 2.75) is 31.9 Å². The molecule has 0 saturated carbocycles. The van der Waals surface area contributed by atoms with Crippen LogP contribution in [0.3, 0.4) is 0 Å². The van der Waals surface area contributed by atoms with Gasteiger partial charge in [-0.2, -0.15) is 0 Å². The molecule has 5 N–H and O–H groups in total. The van der Waals surface area contributed by atoms with Gasteiger partial charge in [-0.05, 0) is 50.4 Å². The number of anilines is 3. The van der Waals surface area contributed by atoms with E-state index in [0.29, 0.717) is 16.9 Å². The zero-order valence-electron chi connectivity index (χ0n) is 18.0. The number of thioether (sulfide) groups is 1. The number of benzene rings is 2. The average Bonchev–Trinajstić information content (AvgIpc) is 3.08. The molecule has 0 saturated heterocycles. The molecule has 1 heterocycles. The van der Waals surface area contributed by atoms with Crippen molar-refractivity contribution in [1.82, 2.24) is 5.32 Å². The van der Waals surface area contributed by atoms with E-state index in [9.17, 15) is 25.0 Å². The number of nitrogens with one attached hydrogen (secondary N) is 1. The first-order valence-corrected chi connectivity index (χ1v) is 10.5. The number of hydrogen-bond donors (Lipinski definition) is 3. The van der Waals surface area contributed by atoms with Gasteiger partial charge in [0.1, 0.15) is 17.0 Å². The molecule has 33 heavy (non-hydrogen) atoms. The Balaban J connectivity index is 2.01. The second kappa shape index (κ2) is 8.86. The normalized spacial score (nSPS) is 15.7. The lowest BCUT2D eigenvalue weighted by Gasteiger charge is -2.30. The Morgan fingerprint density at radius 3 is 2.15 bits per heavy atom. The zero-order valence-corrected chi connectivity index (χ0v) is 18.8. The van der Waals surface area contributed by atoms with Crippen molar-refractivity contribution >= 4 is 52.0 Å². The maximum absolute atomic E-state index is 12.4. The predicted octanol–water partition coefficient (Wildman–Crippen LogP) is 4.03. The maximum Gasteiger partial charge on any atom is 0.409 e. The lowest BCUT2D eigenvalue weighted by atomic mass is 10.1. The van der Waals surface area contributed by atoms with Crippen LogP contribution in [0.5, 0.6) is 0 Å². The molecule has 0 aromatic heterocycles. The highest BCUT2D eigenvalue weighted by atomic mass is 32.2. The zero-order chi connectivity index (χ0) is 24.5.